The highest BCUT2D eigenvalue weighted by Crippen LogP contribution is 2.29. The summed E-state index contributed by atoms with van der Waals surface area (Å²) >= 11 is 0. The molecule has 2 atom stereocenters. The third-order valence-corrected chi connectivity index (χ3v) is 6.10. The molecule has 0 radical (unpaired) electrons. The van der Waals surface area contributed by atoms with E-state index in [1.807, 2.05) is 30.5 Å². The molecule has 1 aromatic heterocycles. The molecule has 5 rings (SSSR count). The van der Waals surface area contributed by atoms with Gasteiger partial charge in [0.15, 0.2) is 0 Å². The summed E-state index contributed by atoms with van der Waals surface area (Å²) in [6.45, 7) is 2.03. The predicted octanol–water partition coefficient (Wildman–Crippen LogP) is 4.14. The van der Waals surface area contributed by atoms with E-state index in [0.29, 0.717) is 18.6 Å². The first-order chi connectivity index (χ1) is 15.3. The normalized spacial score (nSPS) is 20.3. The lowest BCUT2D eigenvalue weighted by molar-refractivity contribution is 0.161. The van der Waals surface area contributed by atoms with Crippen LogP contribution >= 0.6 is 0 Å². The zero-order chi connectivity index (χ0) is 21.0. The van der Waals surface area contributed by atoms with Gasteiger partial charge in [-0.3, -0.25) is 9.89 Å². The Morgan fingerprint density at radius 2 is 1.87 bits per heavy atom. The first kappa shape index (κ1) is 19.9. The second kappa shape index (κ2) is 8.98. The zero-order valence-electron chi connectivity index (χ0n) is 17.4. The lowest BCUT2D eigenvalue weighted by Crippen LogP contribution is -2.37. The van der Waals surface area contributed by atoms with Crippen molar-refractivity contribution in [3.63, 3.8) is 0 Å². The lowest BCUT2D eigenvalue weighted by atomic mass is 9.89. The van der Waals surface area contributed by atoms with Crippen molar-refractivity contribution < 1.29 is 5.21 Å². The SMILES string of the molecule is ONCc1ccc(CN(Cc2nc3ccccc3[nH]2)C2C=C3C=CC=NC3CC2)cc1. The van der Waals surface area contributed by atoms with Crippen LogP contribution in [0.2, 0.25) is 0 Å². The van der Waals surface area contributed by atoms with E-state index >= 15 is 0 Å². The fourth-order valence-corrected chi connectivity index (χ4v) is 4.49. The van der Waals surface area contributed by atoms with Crippen LogP contribution < -0.4 is 5.48 Å². The molecule has 0 saturated heterocycles. The second-order valence-corrected chi connectivity index (χ2v) is 8.24. The van der Waals surface area contributed by atoms with Crippen molar-refractivity contribution in [1.29, 1.82) is 0 Å². The molecule has 0 spiro atoms. The number of rotatable bonds is 7. The Hall–Kier alpha value is -3.06. The zero-order valence-corrected chi connectivity index (χ0v) is 17.4. The first-order valence-electron chi connectivity index (χ1n) is 10.8. The number of hydrogen-bond acceptors (Lipinski definition) is 5. The van der Waals surface area contributed by atoms with Crippen LogP contribution in [0.3, 0.4) is 0 Å². The number of H-pyrrole nitrogens is 1. The molecule has 3 N–H and O–H groups in total. The third-order valence-electron chi connectivity index (χ3n) is 6.10. The summed E-state index contributed by atoms with van der Waals surface area (Å²) in [6.07, 6.45) is 10.7. The molecule has 2 aromatic carbocycles. The summed E-state index contributed by atoms with van der Waals surface area (Å²) in [6, 6.07) is 17.2. The Morgan fingerprint density at radius 3 is 2.71 bits per heavy atom. The number of nitrogens with zero attached hydrogens (tertiary/aromatic N) is 3. The van der Waals surface area contributed by atoms with Crippen LogP contribution in [0.1, 0.15) is 29.8 Å². The fourth-order valence-electron chi connectivity index (χ4n) is 4.49. The molecule has 2 heterocycles. The van der Waals surface area contributed by atoms with Crippen LogP contribution in [0.25, 0.3) is 11.0 Å². The van der Waals surface area contributed by atoms with Crippen LogP contribution in [-0.4, -0.2) is 38.4 Å². The summed E-state index contributed by atoms with van der Waals surface area (Å²) in [4.78, 5) is 15.4. The van der Waals surface area contributed by atoms with Crippen molar-refractivity contribution in [1.82, 2.24) is 20.3 Å². The molecule has 6 nitrogen and oxygen atoms in total. The molecule has 2 unspecified atom stereocenters. The minimum Gasteiger partial charge on any atom is -0.341 e. The minimum absolute atomic E-state index is 0.305. The smallest absolute Gasteiger partial charge is 0.121 e. The number of aromatic amines is 1. The number of fused-ring (bicyclic) bond motifs is 2. The summed E-state index contributed by atoms with van der Waals surface area (Å²) < 4.78 is 0. The van der Waals surface area contributed by atoms with E-state index in [1.54, 1.807) is 0 Å². The van der Waals surface area contributed by atoms with Gasteiger partial charge in [0.25, 0.3) is 0 Å². The van der Waals surface area contributed by atoms with Gasteiger partial charge < -0.3 is 10.2 Å². The molecular formula is C25H27N5O. The van der Waals surface area contributed by atoms with Gasteiger partial charge in [-0.05, 0) is 47.8 Å². The predicted molar refractivity (Wildman–Crippen MR) is 123 cm³/mol. The Labute approximate surface area is 182 Å². The van der Waals surface area contributed by atoms with Crippen LogP contribution in [-0.2, 0) is 19.6 Å². The minimum atomic E-state index is 0.305. The topological polar surface area (TPSA) is 76.5 Å². The van der Waals surface area contributed by atoms with Gasteiger partial charge in [0.05, 0.1) is 23.6 Å². The van der Waals surface area contributed by atoms with Crippen molar-refractivity contribution in [3.05, 3.63) is 89.3 Å². The third kappa shape index (κ3) is 4.51. The molecule has 1 aliphatic carbocycles. The lowest BCUT2D eigenvalue weighted by Gasteiger charge is -2.34. The maximum absolute atomic E-state index is 8.93. The van der Waals surface area contributed by atoms with Gasteiger partial charge in [-0.1, -0.05) is 48.6 Å². The number of hydrogen-bond donors (Lipinski definition) is 3. The highest BCUT2D eigenvalue weighted by atomic mass is 16.5. The molecule has 2 aliphatic rings. The van der Waals surface area contributed by atoms with E-state index in [4.69, 9.17) is 10.2 Å². The number of imidazole rings is 1. The van der Waals surface area contributed by atoms with E-state index < -0.39 is 0 Å². The highest BCUT2D eigenvalue weighted by molar-refractivity contribution is 5.75. The van der Waals surface area contributed by atoms with E-state index in [0.717, 1.165) is 48.4 Å². The van der Waals surface area contributed by atoms with Gasteiger partial charge in [-0.2, -0.15) is 0 Å². The van der Waals surface area contributed by atoms with Gasteiger partial charge in [0.2, 0.25) is 0 Å². The van der Waals surface area contributed by atoms with Gasteiger partial charge >= 0.3 is 0 Å². The molecule has 6 heteroatoms. The summed E-state index contributed by atoms with van der Waals surface area (Å²) in [5, 5.41) is 8.93. The molecule has 0 amide bonds. The van der Waals surface area contributed by atoms with Crippen LogP contribution in [0.15, 0.2) is 77.3 Å². The molecule has 0 bridgehead atoms. The summed E-state index contributed by atoms with van der Waals surface area (Å²) in [7, 11) is 0. The monoisotopic (exact) mass is 413 g/mol. The number of benzene rings is 2. The number of aromatic nitrogens is 2. The number of para-hydroxylation sites is 2. The average Bonchev–Trinajstić information content (AvgIpc) is 3.22. The molecule has 31 heavy (non-hydrogen) atoms. The van der Waals surface area contributed by atoms with Crippen LogP contribution in [0.5, 0.6) is 0 Å². The van der Waals surface area contributed by atoms with Crippen LogP contribution in [0.4, 0.5) is 0 Å². The maximum Gasteiger partial charge on any atom is 0.121 e. The number of allylic oxidation sites excluding steroid dienone is 1. The Morgan fingerprint density at radius 1 is 1.03 bits per heavy atom. The molecular weight excluding hydrogens is 386 g/mol. The van der Waals surface area contributed by atoms with E-state index in [9.17, 15) is 0 Å². The Bertz CT molecular complexity index is 1100. The summed E-state index contributed by atoms with van der Waals surface area (Å²) in [5.74, 6) is 0.986. The van der Waals surface area contributed by atoms with Crippen molar-refractivity contribution in [2.24, 2.45) is 4.99 Å². The van der Waals surface area contributed by atoms with Gasteiger partial charge in [-0.25, -0.2) is 10.5 Å². The molecule has 158 valence electrons. The average molecular weight is 414 g/mol. The fraction of sp³-hybridized carbons (Fsp3) is 0.280. The van der Waals surface area contributed by atoms with Crippen molar-refractivity contribution in [2.45, 2.75) is 44.6 Å². The second-order valence-electron chi connectivity index (χ2n) is 8.24. The largest absolute Gasteiger partial charge is 0.341 e. The Kier molecular flexibility index (Phi) is 5.76. The van der Waals surface area contributed by atoms with Crippen molar-refractivity contribution in [3.8, 4) is 0 Å². The quantitative estimate of drug-likeness (QED) is 0.509. The Balaban J connectivity index is 1.41. The molecule has 0 saturated carbocycles. The van der Waals surface area contributed by atoms with Crippen molar-refractivity contribution >= 4 is 17.2 Å². The number of aliphatic imine (C=N–C) groups is 1. The number of hydroxylamine groups is 1. The van der Waals surface area contributed by atoms with Crippen molar-refractivity contribution in [2.75, 3.05) is 0 Å². The van der Waals surface area contributed by atoms with E-state index in [2.05, 4.69) is 62.8 Å². The van der Waals surface area contributed by atoms with E-state index in [1.165, 1.54) is 11.1 Å². The van der Waals surface area contributed by atoms with Crippen LogP contribution in [0, 0.1) is 0 Å². The van der Waals surface area contributed by atoms with Gasteiger partial charge in [0, 0.05) is 25.3 Å². The van der Waals surface area contributed by atoms with Gasteiger partial charge in [0.1, 0.15) is 5.82 Å². The first-order valence-corrected chi connectivity index (χ1v) is 10.8. The number of dihydropyridines is 1. The van der Waals surface area contributed by atoms with E-state index in [-0.39, 0.29) is 0 Å². The molecule has 1 aliphatic heterocycles. The molecule has 3 aromatic rings. The van der Waals surface area contributed by atoms with Gasteiger partial charge in [-0.15, -0.1) is 0 Å². The number of nitrogens with one attached hydrogen (secondary N) is 2. The molecule has 0 fully saturated rings. The highest BCUT2D eigenvalue weighted by Gasteiger charge is 2.26. The standard InChI is InChI=1S/C25H27N5O/c31-27-15-18-7-9-19(10-8-18)16-30(17-25-28-23-5-1-2-6-24(23)29-25)21-11-12-22-20(14-21)4-3-13-26-22/h1-10,13-14,21-22,27,31H,11-12,15-17H2,(H,28,29). The summed E-state index contributed by atoms with van der Waals surface area (Å²) in [5.41, 5.74) is 7.92. The maximum atomic E-state index is 8.93.